The molecule has 0 spiro atoms. The molecule has 7 heteroatoms. The number of H-pyrrole nitrogens is 1. The van der Waals surface area contributed by atoms with Gasteiger partial charge in [-0.25, -0.2) is 8.42 Å². The predicted octanol–water partition coefficient (Wildman–Crippen LogP) is 2.14. The molecular weight excluding hydrogens is 294 g/mol. The van der Waals surface area contributed by atoms with Gasteiger partial charge in [0.05, 0.1) is 17.0 Å². The Labute approximate surface area is 122 Å². The quantitative estimate of drug-likeness (QED) is 0.863. The molecule has 1 aromatic heterocycles. The predicted molar refractivity (Wildman–Crippen MR) is 79.8 cm³/mol. The van der Waals surface area contributed by atoms with Crippen molar-refractivity contribution in [3.63, 3.8) is 0 Å². The number of benzene rings is 1. The van der Waals surface area contributed by atoms with Crippen molar-refractivity contribution in [1.29, 1.82) is 0 Å². The van der Waals surface area contributed by atoms with E-state index in [2.05, 4.69) is 10.2 Å². The first-order valence-corrected chi connectivity index (χ1v) is 8.58. The molecule has 1 aromatic carbocycles. The Morgan fingerprint density at radius 1 is 1.35 bits per heavy atom. The highest BCUT2D eigenvalue weighted by Crippen LogP contribution is 2.34. The number of hydrogen-bond acceptors (Lipinski definition) is 4. The summed E-state index contributed by atoms with van der Waals surface area (Å²) in [5.74, 6) is 0.994. The molecule has 1 N–H and O–H groups in total. The molecule has 1 unspecified atom stereocenters. The van der Waals surface area contributed by atoms with Gasteiger partial charge in [-0.1, -0.05) is 30.3 Å². The van der Waals surface area contributed by atoms with Gasteiger partial charge < -0.3 is 0 Å². The molecule has 1 atom stereocenters. The Bertz CT molecular complexity index is 793. The Morgan fingerprint density at radius 2 is 2.05 bits per heavy atom. The van der Waals surface area contributed by atoms with E-state index in [0.29, 0.717) is 17.0 Å². The third-order valence-corrected chi connectivity index (χ3v) is 5.89. The van der Waals surface area contributed by atoms with E-state index in [1.807, 2.05) is 41.8 Å². The molecule has 106 valence electrons. The zero-order valence-corrected chi connectivity index (χ0v) is 12.7. The summed E-state index contributed by atoms with van der Waals surface area (Å²) >= 11 is 5.31. The minimum Gasteiger partial charge on any atom is -0.293 e. The van der Waals surface area contributed by atoms with Gasteiger partial charge >= 0.3 is 0 Å². The van der Waals surface area contributed by atoms with E-state index >= 15 is 0 Å². The zero-order valence-electron chi connectivity index (χ0n) is 11.0. The van der Waals surface area contributed by atoms with Crippen molar-refractivity contribution in [2.45, 2.75) is 18.9 Å². The van der Waals surface area contributed by atoms with Crippen LogP contribution in [0.4, 0.5) is 0 Å². The molecule has 1 fully saturated rings. The van der Waals surface area contributed by atoms with Crippen LogP contribution in [0.25, 0.3) is 11.4 Å². The normalized spacial score (nSPS) is 24.9. The van der Waals surface area contributed by atoms with Crippen molar-refractivity contribution in [3.05, 3.63) is 35.1 Å². The van der Waals surface area contributed by atoms with Crippen LogP contribution in [0.15, 0.2) is 30.3 Å². The SMILES string of the molecule is CC1(n2c(-c3ccccc3)n[nH]c2=S)CCS(=O)(=O)C1. The average molecular weight is 309 g/mol. The molecule has 1 aliphatic heterocycles. The first-order chi connectivity index (χ1) is 9.41. The fourth-order valence-corrected chi connectivity index (χ4v) is 5.22. The highest BCUT2D eigenvalue weighted by molar-refractivity contribution is 7.91. The van der Waals surface area contributed by atoms with Gasteiger partial charge in [0.1, 0.15) is 0 Å². The molecule has 2 heterocycles. The number of sulfone groups is 1. The van der Waals surface area contributed by atoms with Crippen LogP contribution in [-0.4, -0.2) is 34.7 Å². The lowest BCUT2D eigenvalue weighted by atomic mass is 10.0. The summed E-state index contributed by atoms with van der Waals surface area (Å²) in [4.78, 5) is 0. The summed E-state index contributed by atoms with van der Waals surface area (Å²) in [6, 6.07) is 9.65. The van der Waals surface area contributed by atoms with Crippen LogP contribution in [-0.2, 0) is 15.4 Å². The second-order valence-electron chi connectivity index (χ2n) is 5.39. The Morgan fingerprint density at radius 3 is 2.65 bits per heavy atom. The van der Waals surface area contributed by atoms with Crippen LogP contribution in [0.3, 0.4) is 0 Å². The highest BCUT2D eigenvalue weighted by atomic mass is 32.2. The highest BCUT2D eigenvalue weighted by Gasteiger charge is 2.41. The summed E-state index contributed by atoms with van der Waals surface area (Å²) in [6.07, 6.45) is 0.559. The molecule has 3 rings (SSSR count). The van der Waals surface area contributed by atoms with Crippen LogP contribution < -0.4 is 0 Å². The third-order valence-electron chi connectivity index (χ3n) is 3.73. The third kappa shape index (κ3) is 2.20. The number of aromatic nitrogens is 3. The molecule has 0 radical (unpaired) electrons. The summed E-state index contributed by atoms with van der Waals surface area (Å²) in [5.41, 5.74) is 0.388. The van der Waals surface area contributed by atoms with Crippen molar-refractivity contribution >= 4 is 22.1 Å². The molecule has 0 bridgehead atoms. The first-order valence-electron chi connectivity index (χ1n) is 6.35. The number of nitrogens with zero attached hydrogens (tertiary/aromatic N) is 2. The second-order valence-corrected chi connectivity index (χ2v) is 7.96. The van der Waals surface area contributed by atoms with Crippen LogP contribution >= 0.6 is 12.2 Å². The van der Waals surface area contributed by atoms with E-state index in [9.17, 15) is 8.42 Å². The number of hydrogen-bond donors (Lipinski definition) is 1. The molecule has 5 nitrogen and oxygen atoms in total. The Balaban J connectivity index is 2.16. The van der Waals surface area contributed by atoms with Crippen LogP contribution in [0.5, 0.6) is 0 Å². The van der Waals surface area contributed by atoms with Crippen molar-refractivity contribution in [2.75, 3.05) is 11.5 Å². The number of aromatic amines is 1. The van der Waals surface area contributed by atoms with Crippen molar-refractivity contribution in [1.82, 2.24) is 14.8 Å². The van der Waals surface area contributed by atoms with E-state index < -0.39 is 15.4 Å². The largest absolute Gasteiger partial charge is 0.293 e. The minimum atomic E-state index is -3.00. The van der Waals surface area contributed by atoms with Crippen LogP contribution in [0, 0.1) is 4.77 Å². The molecule has 0 amide bonds. The Kier molecular flexibility index (Phi) is 3.06. The summed E-state index contributed by atoms with van der Waals surface area (Å²) in [5, 5.41) is 7.06. The van der Waals surface area contributed by atoms with Crippen molar-refractivity contribution in [3.8, 4) is 11.4 Å². The number of rotatable bonds is 2. The van der Waals surface area contributed by atoms with Gasteiger partial charge in [0.25, 0.3) is 0 Å². The summed E-state index contributed by atoms with van der Waals surface area (Å²) in [6.45, 7) is 1.93. The molecular formula is C13H15N3O2S2. The van der Waals surface area contributed by atoms with E-state index in [1.54, 1.807) is 0 Å². The van der Waals surface area contributed by atoms with Crippen molar-refractivity contribution < 1.29 is 8.42 Å². The molecule has 2 aromatic rings. The smallest absolute Gasteiger partial charge is 0.195 e. The van der Waals surface area contributed by atoms with Gasteiger partial charge in [-0.3, -0.25) is 9.67 Å². The summed E-state index contributed by atoms with van der Waals surface area (Å²) in [7, 11) is -3.00. The fourth-order valence-electron chi connectivity index (χ4n) is 2.75. The first kappa shape index (κ1) is 13.5. The van der Waals surface area contributed by atoms with Gasteiger partial charge in [0.2, 0.25) is 0 Å². The lowest BCUT2D eigenvalue weighted by Crippen LogP contribution is -2.32. The van der Waals surface area contributed by atoms with Gasteiger partial charge in [-0.15, -0.1) is 0 Å². The average Bonchev–Trinajstić information content (AvgIpc) is 2.92. The van der Waals surface area contributed by atoms with Gasteiger partial charge in [0.15, 0.2) is 20.4 Å². The second kappa shape index (κ2) is 4.53. The summed E-state index contributed by atoms with van der Waals surface area (Å²) < 4.78 is 26.0. The maximum Gasteiger partial charge on any atom is 0.195 e. The van der Waals surface area contributed by atoms with Gasteiger partial charge in [-0.2, -0.15) is 5.10 Å². The van der Waals surface area contributed by atoms with Crippen molar-refractivity contribution in [2.24, 2.45) is 0 Å². The Hall–Kier alpha value is -1.47. The molecule has 0 saturated carbocycles. The molecule has 1 saturated heterocycles. The maximum atomic E-state index is 11.8. The van der Waals surface area contributed by atoms with E-state index in [0.717, 1.165) is 5.56 Å². The maximum absolute atomic E-state index is 11.8. The topological polar surface area (TPSA) is 67.8 Å². The zero-order chi connectivity index (χ0) is 14.4. The van der Waals surface area contributed by atoms with E-state index in [4.69, 9.17) is 12.2 Å². The molecule has 20 heavy (non-hydrogen) atoms. The standard InChI is InChI=1S/C13H15N3O2S2/c1-13(7-8-20(17,18)9-13)16-11(14-15-12(16)19)10-5-3-2-4-6-10/h2-6H,7-9H2,1H3,(H,15,19). The fraction of sp³-hybridized carbons (Fsp3) is 0.385. The van der Waals surface area contributed by atoms with E-state index in [1.165, 1.54) is 0 Å². The lowest BCUT2D eigenvalue weighted by molar-refractivity contribution is 0.364. The minimum absolute atomic E-state index is 0.105. The van der Waals surface area contributed by atoms with E-state index in [-0.39, 0.29) is 11.5 Å². The lowest BCUT2D eigenvalue weighted by Gasteiger charge is -2.25. The monoisotopic (exact) mass is 309 g/mol. The van der Waals surface area contributed by atoms with Crippen LogP contribution in [0.2, 0.25) is 0 Å². The van der Waals surface area contributed by atoms with Gasteiger partial charge in [0, 0.05) is 5.56 Å². The van der Waals surface area contributed by atoms with Crippen LogP contribution in [0.1, 0.15) is 13.3 Å². The number of nitrogens with one attached hydrogen (secondary N) is 1. The molecule has 1 aliphatic rings. The van der Waals surface area contributed by atoms with Gasteiger partial charge in [-0.05, 0) is 25.6 Å². The molecule has 0 aliphatic carbocycles.